The van der Waals surface area contributed by atoms with Gasteiger partial charge in [-0.2, -0.15) is 0 Å². The minimum atomic E-state index is 0.184. The Kier molecular flexibility index (Phi) is 6.72. The Morgan fingerprint density at radius 2 is 1.89 bits per heavy atom. The highest BCUT2D eigenvalue weighted by atomic mass is 16.5. The summed E-state index contributed by atoms with van der Waals surface area (Å²) >= 11 is 0. The van der Waals surface area contributed by atoms with E-state index in [0.717, 1.165) is 17.9 Å². The van der Waals surface area contributed by atoms with Crippen molar-refractivity contribution in [3.05, 3.63) is 29.8 Å². The Balaban J connectivity index is 2.35. The molecule has 0 atom stereocenters. The number of rotatable bonds is 8. The predicted molar refractivity (Wildman–Crippen MR) is 73.6 cm³/mol. The van der Waals surface area contributed by atoms with Crippen LogP contribution in [0.1, 0.15) is 19.4 Å². The number of aliphatic hydroxyl groups excluding tert-OH is 1. The lowest BCUT2D eigenvalue weighted by atomic mass is 10.2. The van der Waals surface area contributed by atoms with Crippen molar-refractivity contribution in [2.75, 3.05) is 26.3 Å². The van der Waals surface area contributed by atoms with Gasteiger partial charge in [0.1, 0.15) is 12.4 Å². The average Bonchev–Trinajstić information content (AvgIpc) is 2.38. The summed E-state index contributed by atoms with van der Waals surface area (Å²) in [4.78, 5) is 2.19. The summed E-state index contributed by atoms with van der Waals surface area (Å²) in [6.45, 7) is 7.10. The van der Waals surface area contributed by atoms with Gasteiger partial charge in [-0.05, 0) is 31.5 Å². The summed E-state index contributed by atoms with van der Waals surface area (Å²) < 4.78 is 5.67. The Labute approximate surface area is 109 Å². The number of benzene rings is 1. The molecular formula is C14H24N2O2. The molecule has 0 spiro atoms. The second-order valence-corrected chi connectivity index (χ2v) is 4.55. The monoisotopic (exact) mass is 252 g/mol. The second kappa shape index (κ2) is 8.08. The van der Waals surface area contributed by atoms with Gasteiger partial charge in [-0.3, -0.25) is 4.90 Å². The van der Waals surface area contributed by atoms with Gasteiger partial charge in [0.15, 0.2) is 0 Å². The number of ether oxygens (including phenoxy) is 1. The molecule has 4 heteroatoms. The number of nitrogens with zero attached hydrogens (tertiary/aromatic N) is 1. The molecule has 1 rings (SSSR count). The van der Waals surface area contributed by atoms with Crippen LogP contribution in [0.15, 0.2) is 24.3 Å². The lowest BCUT2D eigenvalue weighted by Gasteiger charge is -2.25. The molecule has 0 bridgehead atoms. The molecule has 0 saturated carbocycles. The predicted octanol–water partition coefficient (Wildman–Crippen LogP) is 1.23. The Bertz CT molecular complexity index is 325. The van der Waals surface area contributed by atoms with E-state index in [0.29, 0.717) is 25.7 Å². The minimum Gasteiger partial charge on any atom is -0.492 e. The molecule has 0 saturated heterocycles. The second-order valence-electron chi connectivity index (χ2n) is 4.55. The summed E-state index contributed by atoms with van der Waals surface area (Å²) in [6.07, 6.45) is 0. The molecule has 0 heterocycles. The Morgan fingerprint density at radius 3 is 2.39 bits per heavy atom. The third-order valence-electron chi connectivity index (χ3n) is 2.92. The lowest BCUT2D eigenvalue weighted by molar-refractivity contribution is 0.141. The zero-order chi connectivity index (χ0) is 13.4. The fourth-order valence-corrected chi connectivity index (χ4v) is 1.76. The summed E-state index contributed by atoms with van der Waals surface area (Å²) in [6, 6.07) is 8.24. The van der Waals surface area contributed by atoms with Crippen LogP contribution in [-0.4, -0.2) is 42.4 Å². The van der Waals surface area contributed by atoms with Crippen molar-refractivity contribution in [2.24, 2.45) is 5.73 Å². The van der Waals surface area contributed by atoms with E-state index in [1.54, 1.807) is 0 Å². The SMILES string of the molecule is CC(C)N(CCO)CCOc1ccc(CN)cc1. The van der Waals surface area contributed by atoms with Crippen LogP contribution >= 0.6 is 0 Å². The van der Waals surface area contributed by atoms with Gasteiger partial charge >= 0.3 is 0 Å². The maximum absolute atomic E-state index is 8.97. The third-order valence-corrected chi connectivity index (χ3v) is 2.92. The van der Waals surface area contributed by atoms with Gasteiger partial charge in [0.05, 0.1) is 6.61 Å². The van der Waals surface area contributed by atoms with Crippen molar-refractivity contribution in [3.8, 4) is 5.75 Å². The topological polar surface area (TPSA) is 58.7 Å². The smallest absolute Gasteiger partial charge is 0.119 e. The van der Waals surface area contributed by atoms with Crippen LogP contribution in [0, 0.1) is 0 Å². The first-order valence-corrected chi connectivity index (χ1v) is 6.44. The minimum absolute atomic E-state index is 0.184. The maximum atomic E-state index is 8.97. The fourth-order valence-electron chi connectivity index (χ4n) is 1.76. The quantitative estimate of drug-likeness (QED) is 0.730. The molecule has 0 aromatic heterocycles. The summed E-state index contributed by atoms with van der Waals surface area (Å²) in [7, 11) is 0. The van der Waals surface area contributed by atoms with Gasteiger partial charge in [-0.15, -0.1) is 0 Å². The van der Waals surface area contributed by atoms with Crippen LogP contribution in [0.2, 0.25) is 0 Å². The van der Waals surface area contributed by atoms with Crippen molar-refractivity contribution in [2.45, 2.75) is 26.4 Å². The molecular weight excluding hydrogens is 228 g/mol. The molecule has 102 valence electrons. The Morgan fingerprint density at radius 1 is 1.22 bits per heavy atom. The van der Waals surface area contributed by atoms with E-state index in [1.165, 1.54) is 0 Å². The van der Waals surface area contributed by atoms with E-state index in [-0.39, 0.29) is 6.61 Å². The van der Waals surface area contributed by atoms with E-state index in [4.69, 9.17) is 15.6 Å². The average molecular weight is 252 g/mol. The van der Waals surface area contributed by atoms with Crippen molar-refractivity contribution in [1.82, 2.24) is 4.90 Å². The van der Waals surface area contributed by atoms with Crippen LogP contribution in [-0.2, 0) is 6.54 Å². The van der Waals surface area contributed by atoms with Crippen LogP contribution in [0.25, 0.3) is 0 Å². The van der Waals surface area contributed by atoms with Crippen LogP contribution in [0.3, 0.4) is 0 Å². The lowest BCUT2D eigenvalue weighted by Crippen LogP contribution is -2.36. The third kappa shape index (κ3) is 5.04. The highest BCUT2D eigenvalue weighted by Gasteiger charge is 2.08. The molecule has 0 amide bonds. The van der Waals surface area contributed by atoms with Crippen LogP contribution in [0.5, 0.6) is 5.75 Å². The van der Waals surface area contributed by atoms with Gasteiger partial charge in [0, 0.05) is 25.7 Å². The Hall–Kier alpha value is -1.10. The normalized spacial score (nSPS) is 11.2. The summed E-state index contributed by atoms with van der Waals surface area (Å²) in [5.41, 5.74) is 6.64. The van der Waals surface area contributed by atoms with E-state index in [1.807, 2.05) is 24.3 Å². The molecule has 0 aliphatic rings. The zero-order valence-electron chi connectivity index (χ0n) is 11.3. The van der Waals surface area contributed by atoms with E-state index < -0.39 is 0 Å². The molecule has 0 unspecified atom stereocenters. The molecule has 0 aliphatic carbocycles. The highest BCUT2D eigenvalue weighted by Crippen LogP contribution is 2.11. The molecule has 1 aromatic rings. The molecule has 0 radical (unpaired) electrons. The highest BCUT2D eigenvalue weighted by molar-refractivity contribution is 5.27. The van der Waals surface area contributed by atoms with Gasteiger partial charge in [-0.25, -0.2) is 0 Å². The molecule has 1 aromatic carbocycles. The van der Waals surface area contributed by atoms with Crippen molar-refractivity contribution in [1.29, 1.82) is 0 Å². The van der Waals surface area contributed by atoms with Gasteiger partial charge in [0.2, 0.25) is 0 Å². The molecule has 0 fully saturated rings. The largest absolute Gasteiger partial charge is 0.492 e. The van der Waals surface area contributed by atoms with E-state index in [2.05, 4.69) is 18.7 Å². The fraction of sp³-hybridized carbons (Fsp3) is 0.571. The van der Waals surface area contributed by atoms with Crippen molar-refractivity contribution < 1.29 is 9.84 Å². The maximum Gasteiger partial charge on any atom is 0.119 e. The molecule has 4 nitrogen and oxygen atoms in total. The molecule has 18 heavy (non-hydrogen) atoms. The van der Waals surface area contributed by atoms with Gasteiger partial charge in [0.25, 0.3) is 0 Å². The summed E-state index contributed by atoms with van der Waals surface area (Å²) in [5, 5.41) is 8.97. The standard InChI is InChI=1S/C14H24N2O2/c1-12(2)16(7-9-17)8-10-18-14-5-3-13(11-15)4-6-14/h3-6,12,17H,7-11,15H2,1-2H3. The number of aliphatic hydroxyl groups is 1. The van der Waals surface area contributed by atoms with Crippen LogP contribution in [0.4, 0.5) is 0 Å². The first-order valence-electron chi connectivity index (χ1n) is 6.44. The van der Waals surface area contributed by atoms with Crippen molar-refractivity contribution in [3.63, 3.8) is 0 Å². The first-order chi connectivity index (χ1) is 8.67. The number of hydrogen-bond acceptors (Lipinski definition) is 4. The summed E-state index contributed by atoms with van der Waals surface area (Å²) in [5.74, 6) is 0.861. The van der Waals surface area contributed by atoms with Crippen LogP contribution < -0.4 is 10.5 Å². The molecule has 0 aliphatic heterocycles. The number of hydrogen-bond donors (Lipinski definition) is 2. The zero-order valence-corrected chi connectivity index (χ0v) is 11.3. The first kappa shape index (κ1) is 15.0. The van der Waals surface area contributed by atoms with Gasteiger partial charge < -0.3 is 15.6 Å². The number of nitrogens with two attached hydrogens (primary N) is 1. The molecule has 3 N–H and O–H groups in total. The van der Waals surface area contributed by atoms with E-state index >= 15 is 0 Å². The van der Waals surface area contributed by atoms with Crippen molar-refractivity contribution >= 4 is 0 Å². The van der Waals surface area contributed by atoms with E-state index in [9.17, 15) is 0 Å². The van der Waals surface area contributed by atoms with Gasteiger partial charge in [-0.1, -0.05) is 12.1 Å².